The Balaban J connectivity index is 2.24. The zero-order valence-corrected chi connectivity index (χ0v) is 11.1. The van der Waals surface area contributed by atoms with Gasteiger partial charge < -0.3 is 9.84 Å². The summed E-state index contributed by atoms with van der Waals surface area (Å²) < 4.78 is 28.5. The van der Waals surface area contributed by atoms with Crippen molar-refractivity contribution in [1.29, 1.82) is 0 Å². The van der Waals surface area contributed by atoms with E-state index in [2.05, 4.69) is 4.74 Å². The van der Waals surface area contributed by atoms with E-state index in [0.29, 0.717) is 0 Å². The van der Waals surface area contributed by atoms with Gasteiger partial charge in [0.05, 0.1) is 10.9 Å². The van der Waals surface area contributed by atoms with E-state index < -0.39 is 18.5 Å². The molecular formula is C13H13ClF2O3. The first-order valence-corrected chi connectivity index (χ1v) is 6.10. The predicted octanol–water partition coefficient (Wildman–Crippen LogP) is 3.77. The number of carbonyl (C=O) groups is 1. The van der Waals surface area contributed by atoms with Crippen molar-refractivity contribution < 1.29 is 23.4 Å². The minimum Gasteiger partial charge on any atom is -0.481 e. The lowest BCUT2D eigenvalue weighted by Gasteiger charge is -2.09. The van der Waals surface area contributed by atoms with Crippen molar-refractivity contribution in [2.24, 2.45) is 11.3 Å². The van der Waals surface area contributed by atoms with E-state index in [1.165, 1.54) is 12.1 Å². The van der Waals surface area contributed by atoms with E-state index in [9.17, 15) is 13.6 Å². The lowest BCUT2D eigenvalue weighted by molar-refractivity contribution is -0.139. The zero-order valence-electron chi connectivity index (χ0n) is 10.4. The Bertz CT molecular complexity index is 517. The molecule has 0 aliphatic heterocycles. The summed E-state index contributed by atoms with van der Waals surface area (Å²) in [6.45, 7) is 0.773. The standard InChI is InChI=1S/C13H13ClF2O3/c1-13(2)9(10(13)11(17)18)6-3-4-8(7(14)5-6)19-12(15)16/h3-5,9-10,12H,1-2H3,(H,17,18). The summed E-state index contributed by atoms with van der Waals surface area (Å²) in [5.74, 6) is -1.61. The Morgan fingerprint density at radius 3 is 2.53 bits per heavy atom. The number of hydrogen-bond acceptors (Lipinski definition) is 2. The number of hydrogen-bond donors (Lipinski definition) is 1. The van der Waals surface area contributed by atoms with Crippen LogP contribution in [0.1, 0.15) is 25.3 Å². The predicted molar refractivity (Wildman–Crippen MR) is 65.7 cm³/mol. The first kappa shape index (κ1) is 14.1. The molecule has 1 aromatic carbocycles. The summed E-state index contributed by atoms with van der Waals surface area (Å²) in [7, 11) is 0. The molecule has 0 radical (unpaired) electrons. The van der Waals surface area contributed by atoms with E-state index >= 15 is 0 Å². The maximum atomic E-state index is 12.1. The molecule has 2 rings (SSSR count). The molecule has 0 spiro atoms. The summed E-state index contributed by atoms with van der Waals surface area (Å²) in [5.41, 5.74) is 0.365. The number of carboxylic acid groups (broad SMARTS) is 1. The van der Waals surface area contributed by atoms with E-state index in [0.717, 1.165) is 5.56 Å². The van der Waals surface area contributed by atoms with Gasteiger partial charge in [0.15, 0.2) is 0 Å². The molecule has 19 heavy (non-hydrogen) atoms. The van der Waals surface area contributed by atoms with Crippen LogP contribution in [0.5, 0.6) is 5.75 Å². The largest absolute Gasteiger partial charge is 0.481 e. The van der Waals surface area contributed by atoms with Gasteiger partial charge in [-0.1, -0.05) is 31.5 Å². The molecule has 0 bridgehead atoms. The molecule has 1 N–H and O–H groups in total. The topological polar surface area (TPSA) is 46.5 Å². The van der Waals surface area contributed by atoms with E-state index in [1.54, 1.807) is 6.07 Å². The number of benzene rings is 1. The van der Waals surface area contributed by atoms with Gasteiger partial charge in [-0.3, -0.25) is 4.79 Å². The maximum absolute atomic E-state index is 12.1. The van der Waals surface area contributed by atoms with Crippen LogP contribution in [-0.2, 0) is 4.79 Å². The van der Waals surface area contributed by atoms with Crippen LogP contribution >= 0.6 is 11.6 Å². The summed E-state index contributed by atoms with van der Waals surface area (Å²) in [6.07, 6.45) is 0. The van der Waals surface area contributed by atoms with Gasteiger partial charge in [0, 0.05) is 5.92 Å². The summed E-state index contributed by atoms with van der Waals surface area (Å²) in [6, 6.07) is 4.42. The van der Waals surface area contributed by atoms with Crippen molar-refractivity contribution in [3.05, 3.63) is 28.8 Å². The third-order valence-corrected chi connectivity index (χ3v) is 3.92. The molecule has 1 saturated carbocycles. The van der Waals surface area contributed by atoms with Gasteiger partial charge in [-0.2, -0.15) is 8.78 Å². The Kier molecular flexibility index (Phi) is 3.43. The fourth-order valence-corrected chi connectivity index (χ4v) is 2.86. The van der Waals surface area contributed by atoms with Crippen molar-refractivity contribution in [1.82, 2.24) is 0 Å². The molecule has 1 fully saturated rings. The molecule has 2 atom stereocenters. The van der Waals surface area contributed by atoms with Crippen LogP contribution in [0.15, 0.2) is 18.2 Å². The second kappa shape index (κ2) is 4.63. The monoisotopic (exact) mass is 290 g/mol. The fourth-order valence-electron chi connectivity index (χ4n) is 2.62. The Morgan fingerprint density at radius 2 is 2.11 bits per heavy atom. The molecule has 6 heteroatoms. The van der Waals surface area contributed by atoms with Crippen LogP contribution in [0.2, 0.25) is 5.02 Å². The Morgan fingerprint density at radius 1 is 1.47 bits per heavy atom. The summed E-state index contributed by atoms with van der Waals surface area (Å²) in [4.78, 5) is 11.1. The first-order chi connectivity index (χ1) is 8.75. The second-order valence-electron chi connectivity index (χ2n) is 5.18. The second-order valence-corrected chi connectivity index (χ2v) is 5.59. The Labute approximate surface area is 114 Å². The summed E-state index contributed by atoms with van der Waals surface area (Å²) in [5, 5.41) is 9.17. The third-order valence-electron chi connectivity index (χ3n) is 3.62. The number of alkyl halides is 2. The fraction of sp³-hybridized carbons (Fsp3) is 0.462. The van der Waals surface area contributed by atoms with Crippen LogP contribution in [0.4, 0.5) is 8.78 Å². The van der Waals surface area contributed by atoms with Crippen molar-refractivity contribution in [3.63, 3.8) is 0 Å². The number of halogens is 3. The minimum absolute atomic E-state index is 0.0599. The van der Waals surface area contributed by atoms with Crippen LogP contribution < -0.4 is 4.74 Å². The Hall–Kier alpha value is -1.36. The lowest BCUT2D eigenvalue weighted by atomic mass is 10.0. The molecule has 0 amide bonds. The lowest BCUT2D eigenvalue weighted by Crippen LogP contribution is -2.03. The molecular weight excluding hydrogens is 278 g/mol. The van der Waals surface area contributed by atoms with Crippen molar-refractivity contribution in [2.75, 3.05) is 0 Å². The number of rotatable bonds is 4. The first-order valence-electron chi connectivity index (χ1n) is 5.72. The van der Waals surface area contributed by atoms with Crippen molar-refractivity contribution in [3.8, 4) is 5.75 Å². The minimum atomic E-state index is -2.94. The van der Waals surface area contributed by atoms with Crippen molar-refractivity contribution >= 4 is 17.6 Å². The average Bonchev–Trinajstić information content (AvgIpc) is 2.84. The van der Waals surface area contributed by atoms with Crippen LogP contribution in [0.3, 0.4) is 0 Å². The van der Waals surface area contributed by atoms with E-state index in [4.69, 9.17) is 16.7 Å². The highest BCUT2D eigenvalue weighted by Crippen LogP contribution is 2.64. The summed E-state index contributed by atoms with van der Waals surface area (Å²) >= 11 is 5.86. The average molecular weight is 291 g/mol. The highest BCUT2D eigenvalue weighted by atomic mass is 35.5. The highest BCUT2D eigenvalue weighted by Gasteiger charge is 2.62. The van der Waals surface area contributed by atoms with Crippen LogP contribution in [0.25, 0.3) is 0 Å². The van der Waals surface area contributed by atoms with Gasteiger partial charge in [0.2, 0.25) is 0 Å². The number of ether oxygens (including phenoxy) is 1. The molecule has 2 unspecified atom stereocenters. The van der Waals surface area contributed by atoms with Crippen LogP contribution in [0, 0.1) is 11.3 Å². The normalized spacial score (nSPS) is 24.3. The molecule has 1 aliphatic rings. The molecule has 0 aromatic heterocycles. The van der Waals surface area contributed by atoms with Gasteiger partial charge in [0.25, 0.3) is 0 Å². The van der Waals surface area contributed by atoms with Gasteiger partial charge >= 0.3 is 12.6 Å². The van der Waals surface area contributed by atoms with Crippen LogP contribution in [-0.4, -0.2) is 17.7 Å². The third kappa shape index (κ3) is 2.52. The molecule has 0 saturated heterocycles. The van der Waals surface area contributed by atoms with Gasteiger partial charge in [0.1, 0.15) is 5.75 Å². The maximum Gasteiger partial charge on any atom is 0.387 e. The quantitative estimate of drug-likeness (QED) is 0.918. The molecule has 3 nitrogen and oxygen atoms in total. The van der Waals surface area contributed by atoms with Gasteiger partial charge in [-0.25, -0.2) is 0 Å². The molecule has 0 heterocycles. The van der Waals surface area contributed by atoms with E-state index in [-0.39, 0.29) is 22.1 Å². The molecule has 1 aromatic rings. The number of aliphatic carboxylic acids is 1. The zero-order chi connectivity index (χ0) is 14.4. The number of carboxylic acids is 1. The SMILES string of the molecule is CC1(C)C(C(=O)O)C1c1ccc(OC(F)F)c(Cl)c1. The smallest absolute Gasteiger partial charge is 0.387 e. The van der Waals surface area contributed by atoms with E-state index in [1.807, 2.05) is 13.8 Å². The molecule has 1 aliphatic carbocycles. The van der Waals surface area contributed by atoms with Crippen molar-refractivity contribution in [2.45, 2.75) is 26.4 Å². The highest BCUT2D eigenvalue weighted by molar-refractivity contribution is 6.32. The van der Waals surface area contributed by atoms with Gasteiger partial charge in [-0.15, -0.1) is 0 Å². The van der Waals surface area contributed by atoms with Gasteiger partial charge in [-0.05, 0) is 23.1 Å². The molecule has 104 valence electrons.